The number of carbonyl (C=O) groups is 9. The first-order valence-electron chi connectivity index (χ1n) is 49.9. The summed E-state index contributed by atoms with van der Waals surface area (Å²) >= 11 is 0. The van der Waals surface area contributed by atoms with Crippen LogP contribution in [0.15, 0.2) is 109 Å². The molecule has 9 aromatic rings. The van der Waals surface area contributed by atoms with Gasteiger partial charge in [0, 0.05) is 207 Å². The van der Waals surface area contributed by atoms with E-state index in [2.05, 4.69) is 84.4 Å². The number of nitrogens with zero attached hydrogens (tertiary/aromatic N) is 11. The van der Waals surface area contributed by atoms with E-state index in [4.69, 9.17) is 24.7 Å². The van der Waals surface area contributed by atoms with Gasteiger partial charge in [-0.05, 0) is 207 Å². The molecule has 0 spiro atoms. The van der Waals surface area contributed by atoms with E-state index in [1.807, 2.05) is 54.4 Å². The Morgan fingerprint density at radius 3 is 1.01 bits per heavy atom. The molecular weight excluding hydrogens is 1920 g/mol. The molecule has 145 heavy (non-hydrogen) atoms. The highest BCUT2D eigenvalue weighted by atomic mass is 32.2. The maximum absolute atomic E-state index is 13.9. The molecule has 7 heterocycles. The molecule has 19 rings (SSSR count). The normalized spacial score (nSPS) is 21.0. The minimum atomic E-state index is -4.00. The zero-order valence-electron chi connectivity index (χ0n) is 85.0. The van der Waals surface area contributed by atoms with E-state index in [0.717, 1.165) is 203 Å². The zero-order valence-corrected chi connectivity index (χ0v) is 87.5. The van der Waals surface area contributed by atoms with Crippen LogP contribution in [-0.4, -0.2) is 304 Å². The van der Waals surface area contributed by atoms with Crippen LogP contribution < -0.4 is 55.4 Å². The van der Waals surface area contributed by atoms with Crippen molar-refractivity contribution in [1.82, 2.24) is 86.5 Å². The third-order valence-corrected chi connectivity index (χ3v) is 35.4. The zero-order chi connectivity index (χ0) is 104. The van der Waals surface area contributed by atoms with Crippen LogP contribution in [0.4, 0.5) is 14.4 Å². The van der Waals surface area contributed by atoms with E-state index in [1.165, 1.54) is 100.0 Å². The number of benzene rings is 6. The summed E-state index contributed by atoms with van der Waals surface area (Å²) in [5.74, 6) is -0.0407. The number of hydrogen-bond donors (Lipinski definition) is 8. The number of methoxy groups -OCH3 is 4. The number of nitrogens with one attached hydrogen (secondary N) is 7. The molecule has 12 amide bonds. The first-order valence-corrected chi connectivity index (χ1v) is 54.2. The predicted octanol–water partition coefficient (Wildman–Crippen LogP) is 10.4. The number of urea groups is 3. The van der Waals surface area contributed by atoms with E-state index < -0.39 is 76.9 Å². The summed E-state index contributed by atoms with van der Waals surface area (Å²) in [5.41, 5.74) is 19.8. The van der Waals surface area contributed by atoms with Crippen LogP contribution in [0.1, 0.15) is 216 Å². The third-order valence-electron chi connectivity index (χ3n) is 31.2. The van der Waals surface area contributed by atoms with E-state index in [9.17, 15) is 68.4 Å². The maximum atomic E-state index is 13.9. The fourth-order valence-electron chi connectivity index (χ4n) is 23.0. The van der Waals surface area contributed by atoms with Crippen molar-refractivity contribution in [3.05, 3.63) is 159 Å². The molecule has 778 valence electrons. The monoisotopic (exact) mass is 2050 g/mol. The van der Waals surface area contributed by atoms with Crippen LogP contribution in [0, 0.1) is 0 Å². The average molecular weight is 2050 g/mol. The second-order valence-corrected chi connectivity index (χ2v) is 47.0. The fourth-order valence-corrected chi connectivity index (χ4v) is 24.6. The average Bonchev–Trinajstić information content (AvgIpc) is 1.53. The molecule has 9 N–H and O–H groups in total. The number of amides is 12. The van der Waals surface area contributed by atoms with E-state index in [1.54, 1.807) is 78.9 Å². The van der Waals surface area contributed by atoms with Crippen molar-refractivity contribution in [2.45, 2.75) is 187 Å². The second kappa shape index (κ2) is 41.5. The van der Waals surface area contributed by atoms with Gasteiger partial charge in [0.25, 0.3) is 17.7 Å². The molecule has 6 aromatic carbocycles. The third kappa shape index (κ3) is 21.0. The molecule has 3 aromatic heterocycles. The molecule has 7 fully saturated rings. The Bertz CT molecular complexity index is 6970. The standard InChI is InChI=1S/C37H49N7O6S.C35H46N6O7S.C32H40N6O6S/c1-40(2)51(48,49)39-35(46)25-11-13-28-31(19-25)44-23-37(38-36(47)42(4)22-32(45)43-17-15-41(3)16-18-43)21-30(37)29-20-26(50-5)12-14-27(29)34(44)33(28)24-9-7-6-8-10-24;1-39(2)49(45,46)38-33(43)23-11-13-26-29(17-23)41-21-35(37-34(44)40(3)20-30(42)36-15-16-47-4)19-28(35)27-18-24(48-5)12-14-25(27)32(41)31(26)22-9-7-6-8-10-22;1-36(2)45(42,43)35-30(40)20-10-12-23-26(14-20)38-18-32(34-31(41)37(3)17-27(33)39)16-25(32)24-15-21(44-4)11-13-22(24)29(38)28(23)19-8-6-5-7-9-19/h11-14,19-20,24,30H,6-10,15-18,21-23H2,1-5H3,(H,38,47)(H,39,46);11-14,17-18,22,28H,6-10,15-16,19-21H2,1-5H3,(H,36,42)(H,37,44)(H,38,43);10-15,19,25H,5-9,16-18H2,1-4H3,(H2,33,39)(H,34,41)(H,35,40). The minimum absolute atomic E-state index is 0.000783. The molecule has 6 atom stereocenters. The number of ether oxygens (including phenoxy) is 4. The van der Waals surface area contributed by atoms with Crippen molar-refractivity contribution in [2.24, 2.45) is 5.73 Å². The quantitative estimate of drug-likeness (QED) is 0.0222. The number of rotatable bonds is 27. The summed E-state index contributed by atoms with van der Waals surface area (Å²) in [6.07, 6.45) is 18.7. The highest BCUT2D eigenvalue weighted by molar-refractivity contribution is 7.88. The van der Waals surface area contributed by atoms with Crippen molar-refractivity contribution in [1.29, 1.82) is 0 Å². The van der Waals surface area contributed by atoms with Crippen LogP contribution in [0.3, 0.4) is 0 Å². The van der Waals surface area contributed by atoms with Gasteiger partial charge >= 0.3 is 48.7 Å². The van der Waals surface area contributed by atoms with Gasteiger partial charge in [-0.3, -0.25) is 28.8 Å². The topological polar surface area (TPSA) is 444 Å². The molecular formula is C104H135N19O19S3. The highest BCUT2D eigenvalue weighted by Crippen LogP contribution is 2.64. The predicted molar refractivity (Wildman–Crippen MR) is 551 cm³/mol. The molecule has 1 saturated heterocycles. The summed E-state index contributed by atoms with van der Waals surface area (Å²) in [6.45, 7) is 4.57. The van der Waals surface area contributed by atoms with Crippen molar-refractivity contribution >= 4 is 117 Å². The lowest BCUT2D eigenvalue weighted by atomic mass is 9.81. The number of hydrogen-bond acceptors (Lipinski definition) is 20. The molecule has 6 saturated carbocycles. The van der Waals surface area contributed by atoms with Gasteiger partial charge in [-0.15, -0.1) is 0 Å². The minimum Gasteiger partial charge on any atom is -0.497 e. The fraction of sp³-hybridized carbons (Fsp3) is 0.510. The largest absolute Gasteiger partial charge is 0.497 e. The lowest BCUT2D eigenvalue weighted by Crippen LogP contribution is -2.53. The lowest BCUT2D eigenvalue weighted by Gasteiger charge is -2.33. The van der Waals surface area contributed by atoms with Gasteiger partial charge in [-0.1, -0.05) is 76.0 Å². The van der Waals surface area contributed by atoms with Crippen LogP contribution in [-0.2, 0) is 69.4 Å². The second-order valence-electron chi connectivity index (χ2n) is 41.4. The molecule has 6 unspecified atom stereocenters. The Kier molecular flexibility index (Phi) is 29.8. The number of carbonyl (C=O) groups excluding carboxylic acids is 9. The SMILES string of the molecule is COCCNC(=O)CN(C)C(=O)NC12CC1c1cc(OC)ccc1-c1c(C3CCCCC3)c3ccc(C(=O)NS(=O)(=O)N(C)C)cc3n1C2.COc1ccc2c(c1)C1CC1(NC(=O)N(C)CC(=O)N1CCN(C)CC1)Cn1c-2c(C2CCCCC2)c2ccc(C(=O)NS(=O)(=O)N(C)C)cc21.COc1ccc2c(c1)C1CC1(NC(=O)N(C)CC(N)=O)Cn1c-2c(C2CCCCC2)c2ccc(C(=O)NS(=O)(=O)N(C)C)cc21. The summed E-state index contributed by atoms with van der Waals surface area (Å²) in [6, 6.07) is 33.5. The Morgan fingerprint density at radius 2 is 0.710 bits per heavy atom. The van der Waals surface area contributed by atoms with Gasteiger partial charge in [0.2, 0.25) is 17.7 Å². The highest BCUT2D eigenvalue weighted by Gasteiger charge is 2.63. The first-order chi connectivity index (χ1) is 69.0. The first kappa shape index (κ1) is 104. The van der Waals surface area contributed by atoms with E-state index in [-0.39, 0.29) is 78.0 Å². The summed E-state index contributed by atoms with van der Waals surface area (Å²) in [5, 5.41) is 15.7. The van der Waals surface area contributed by atoms with Crippen molar-refractivity contribution in [3.8, 4) is 51.0 Å². The van der Waals surface area contributed by atoms with Gasteiger partial charge in [0.15, 0.2) is 0 Å². The summed E-state index contributed by atoms with van der Waals surface area (Å²) < 4.78 is 113. The number of piperazine rings is 1. The molecule has 0 bridgehead atoms. The van der Waals surface area contributed by atoms with Gasteiger partial charge in [0.05, 0.1) is 61.6 Å². The van der Waals surface area contributed by atoms with Crippen LogP contribution >= 0.6 is 0 Å². The van der Waals surface area contributed by atoms with Crippen molar-refractivity contribution in [3.63, 3.8) is 0 Å². The summed E-state index contributed by atoms with van der Waals surface area (Å²) in [7, 11) is 9.49. The molecule has 38 nitrogen and oxygen atoms in total. The number of fused-ring (bicyclic) bond motifs is 21. The number of likely N-dealkylation sites (N-methyl/N-ethyl adjacent to an activating group) is 4. The van der Waals surface area contributed by atoms with Gasteiger partial charge in [0.1, 0.15) is 36.9 Å². The van der Waals surface area contributed by atoms with Gasteiger partial charge < -0.3 is 84.1 Å². The Hall–Kier alpha value is -12.4. The van der Waals surface area contributed by atoms with E-state index in [0.29, 0.717) is 82.9 Å². The summed E-state index contributed by atoms with van der Waals surface area (Å²) in [4.78, 5) is 126. The van der Waals surface area contributed by atoms with E-state index >= 15 is 0 Å². The number of nitrogens with two attached hydrogens (primary N) is 1. The Balaban J connectivity index is 0.000000149. The Labute approximate surface area is 846 Å². The molecule has 0 radical (unpaired) electrons. The smallest absolute Gasteiger partial charge is 0.318 e. The Morgan fingerprint density at radius 1 is 0.400 bits per heavy atom. The van der Waals surface area contributed by atoms with Gasteiger partial charge in [-0.25, -0.2) is 28.5 Å². The number of primary amides is 1. The molecule has 4 aliphatic heterocycles. The van der Waals surface area contributed by atoms with Crippen molar-refractivity contribution in [2.75, 3.05) is 158 Å². The molecule has 6 aliphatic carbocycles. The van der Waals surface area contributed by atoms with Crippen LogP contribution in [0.5, 0.6) is 17.2 Å². The number of aromatic nitrogens is 3. The van der Waals surface area contributed by atoms with Crippen molar-refractivity contribution < 1.29 is 87.4 Å². The van der Waals surface area contributed by atoms with Gasteiger partial charge in [-0.2, -0.15) is 38.2 Å². The maximum Gasteiger partial charge on any atom is 0.318 e. The lowest BCUT2D eigenvalue weighted by molar-refractivity contribution is -0.133. The van der Waals surface area contributed by atoms with Crippen LogP contribution in [0.2, 0.25) is 0 Å². The van der Waals surface area contributed by atoms with Crippen LogP contribution in [0.25, 0.3) is 66.5 Å². The molecule has 41 heteroatoms. The molecule has 10 aliphatic rings.